The lowest BCUT2D eigenvalue weighted by Crippen LogP contribution is -2.45. The fraction of sp³-hybridized carbons (Fsp3) is 0.727. The summed E-state index contributed by atoms with van der Waals surface area (Å²) in [5.41, 5.74) is 7.31. The van der Waals surface area contributed by atoms with Crippen LogP contribution in [0.1, 0.15) is 30.0 Å². The molecular weight excluding hydrogens is 206 g/mol. The maximum Gasteiger partial charge on any atom is 0.107 e. The average Bonchev–Trinajstić information content (AvgIpc) is 2.56. The number of rotatable bonds is 5. The molecule has 1 fully saturated rings. The Balaban J connectivity index is 1.74. The monoisotopic (exact) mass is 225 g/mol. The maximum absolute atomic E-state index is 5.80. The van der Waals surface area contributed by atoms with Crippen LogP contribution in [0, 0.1) is 12.3 Å². The summed E-state index contributed by atoms with van der Waals surface area (Å²) in [6, 6.07) is 0. The second-order valence-corrected chi connectivity index (χ2v) is 5.49. The van der Waals surface area contributed by atoms with E-state index in [9.17, 15) is 0 Å². The van der Waals surface area contributed by atoms with Crippen molar-refractivity contribution in [2.45, 2.75) is 32.7 Å². The first-order valence-corrected chi connectivity index (χ1v) is 6.44. The quantitative estimate of drug-likeness (QED) is 0.801. The Morgan fingerprint density at radius 3 is 2.87 bits per heavy atom. The summed E-state index contributed by atoms with van der Waals surface area (Å²) in [6.07, 6.45) is 3.91. The summed E-state index contributed by atoms with van der Waals surface area (Å²) in [5, 5.41) is 6.75. The van der Waals surface area contributed by atoms with Gasteiger partial charge in [-0.1, -0.05) is 6.42 Å². The first kappa shape index (κ1) is 11.0. The van der Waals surface area contributed by atoms with Crippen molar-refractivity contribution in [3.05, 3.63) is 16.1 Å². The van der Waals surface area contributed by atoms with E-state index in [1.165, 1.54) is 24.3 Å². The molecule has 2 rings (SSSR count). The van der Waals surface area contributed by atoms with Gasteiger partial charge in [0.1, 0.15) is 5.01 Å². The van der Waals surface area contributed by atoms with Gasteiger partial charge in [-0.3, -0.25) is 0 Å². The molecule has 1 saturated carbocycles. The van der Waals surface area contributed by atoms with E-state index in [0.717, 1.165) is 25.3 Å². The second kappa shape index (κ2) is 4.60. The van der Waals surface area contributed by atoms with Gasteiger partial charge >= 0.3 is 0 Å². The van der Waals surface area contributed by atoms with Crippen molar-refractivity contribution in [2.75, 3.05) is 13.1 Å². The Labute approximate surface area is 95.1 Å². The Hall–Kier alpha value is -0.450. The van der Waals surface area contributed by atoms with Gasteiger partial charge in [-0.25, -0.2) is 4.98 Å². The molecular formula is C11H19N3S. The van der Waals surface area contributed by atoms with Crippen LogP contribution in [-0.2, 0) is 6.54 Å². The van der Waals surface area contributed by atoms with Gasteiger partial charge in [-0.05, 0) is 31.7 Å². The van der Waals surface area contributed by atoms with Crippen molar-refractivity contribution < 1.29 is 0 Å². The second-order valence-electron chi connectivity index (χ2n) is 4.54. The number of hydrogen-bond acceptors (Lipinski definition) is 4. The molecule has 4 heteroatoms. The highest BCUT2D eigenvalue weighted by molar-refractivity contribution is 7.09. The zero-order valence-corrected chi connectivity index (χ0v) is 10.1. The minimum Gasteiger partial charge on any atom is -0.330 e. The molecule has 0 amide bonds. The lowest BCUT2D eigenvalue weighted by Gasteiger charge is -2.41. The Kier molecular flexibility index (Phi) is 3.38. The minimum atomic E-state index is 0.395. The van der Waals surface area contributed by atoms with Crippen molar-refractivity contribution in [2.24, 2.45) is 11.1 Å². The highest BCUT2D eigenvalue weighted by atomic mass is 32.1. The van der Waals surface area contributed by atoms with Crippen molar-refractivity contribution in [1.29, 1.82) is 0 Å². The van der Waals surface area contributed by atoms with Crippen LogP contribution in [0.4, 0.5) is 0 Å². The van der Waals surface area contributed by atoms with Crippen molar-refractivity contribution in [3.8, 4) is 0 Å². The lowest BCUT2D eigenvalue weighted by molar-refractivity contribution is 0.141. The first-order chi connectivity index (χ1) is 7.24. The number of hydrogen-bond donors (Lipinski definition) is 2. The van der Waals surface area contributed by atoms with E-state index in [4.69, 9.17) is 5.73 Å². The molecule has 0 spiro atoms. The summed E-state index contributed by atoms with van der Waals surface area (Å²) in [5.74, 6) is 0. The molecule has 0 unspecified atom stereocenters. The third-order valence-electron chi connectivity index (χ3n) is 3.29. The van der Waals surface area contributed by atoms with Crippen LogP contribution in [0.5, 0.6) is 0 Å². The molecule has 0 saturated heterocycles. The molecule has 15 heavy (non-hydrogen) atoms. The molecule has 84 valence electrons. The number of nitrogens with zero attached hydrogens (tertiary/aromatic N) is 1. The summed E-state index contributed by atoms with van der Waals surface area (Å²) < 4.78 is 0. The molecule has 1 heterocycles. The molecule has 1 aliphatic carbocycles. The molecule has 1 aliphatic rings. The van der Waals surface area contributed by atoms with Gasteiger partial charge in [-0.15, -0.1) is 11.3 Å². The highest BCUT2D eigenvalue weighted by Gasteiger charge is 2.34. The van der Waals surface area contributed by atoms with Crippen LogP contribution < -0.4 is 11.1 Å². The van der Waals surface area contributed by atoms with Gasteiger partial charge in [0.05, 0.1) is 0 Å². The van der Waals surface area contributed by atoms with Crippen LogP contribution in [0.25, 0.3) is 0 Å². The summed E-state index contributed by atoms with van der Waals surface area (Å²) in [7, 11) is 0. The minimum absolute atomic E-state index is 0.395. The van der Waals surface area contributed by atoms with E-state index in [0.29, 0.717) is 5.41 Å². The van der Waals surface area contributed by atoms with Gasteiger partial charge in [0.2, 0.25) is 0 Å². The number of nitrogens with two attached hydrogens (primary N) is 1. The molecule has 1 aromatic rings. The highest BCUT2D eigenvalue weighted by Crippen LogP contribution is 2.39. The van der Waals surface area contributed by atoms with Gasteiger partial charge in [0.15, 0.2) is 0 Å². The fourth-order valence-electron chi connectivity index (χ4n) is 2.05. The molecule has 3 nitrogen and oxygen atoms in total. The van der Waals surface area contributed by atoms with Crippen LogP contribution in [-0.4, -0.2) is 18.1 Å². The molecule has 0 aromatic carbocycles. The van der Waals surface area contributed by atoms with E-state index in [1.807, 2.05) is 6.92 Å². The van der Waals surface area contributed by atoms with Crippen molar-refractivity contribution in [1.82, 2.24) is 10.3 Å². The van der Waals surface area contributed by atoms with Crippen molar-refractivity contribution >= 4 is 11.3 Å². The van der Waals surface area contributed by atoms with Crippen molar-refractivity contribution in [3.63, 3.8) is 0 Å². The predicted molar refractivity (Wildman–Crippen MR) is 63.9 cm³/mol. The third kappa shape index (κ3) is 2.56. The Morgan fingerprint density at radius 1 is 1.60 bits per heavy atom. The van der Waals surface area contributed by atoms with Crippen LogP contribution in [0.3, 0.4) is 0 Å². The number of nitrogens with one attached hydrogen (secondary N) is 1. The van der Waals surface area contributed by atoms with Gasteiger partial charge < -0.3 is 11.1 Å². The van der Waals surface area contributed by atoms with E-state index < -0.39 is 0 Å². The topological polar surface area (TPSA) is 50.9 Å². The molecule has 0 radical (unpaired) electrons. The maximum atomic E-state index is 5.80. The molecule has 0 aliphatic heterocycles. The van der Waals surface area contributed by atoms with Gasteiger partial charge in [-0.2, -0.15) is 0 Å². The van der Waals surface area contributed by atoms with Gasteiger partial charge in [0.25, 0.3) is 0 Å². The zero-order chi connectivity index (χ0) is 10.7. The number of thiazole rings is 1. The van der Waals surface area contributed by atoms with E-state index in [1.54, 1.807) is 11.3 Å². The predicted octanol–water partition coefficient (Wildman–Crippen LogP) is 1.67. The SMILES string of the molecule is Cc1csc(CNCC2(CN)CCC2)n1. The Morgan fingerprint density at radius 2 is 2.40 bits per heavy atom. The number of aryl methyl sites for hydroxylation is 1. The van der Waals surface area contributed by atoms with Crippen LogP contribution in [0.2, 0.25) is 0 Å². The molecule has 3 N–H and O–H groups in total. The normalized spacial score (nSPS) is 18.8. The third-order valence-corrected chi connectivity index (χ3v) is 4.26. The van der Waals surface area contributed by atoms with Crippen LogP contribution >= 0.6 is 11.3 Å². The molecule has 0 bridgehead atoms. The molecule has 0 atom stereocenters. The standard InChI is InChI=1S/C11H19N3S/c1-9-6-15-10(14-9)5-13-8-11(7-12)3-2-4-11/h6,13H,2-5,7-8,12H2,1H3. The summed E-state index contributed by atoms with van der Waals surface area (Å²) in [4.78, 5) is 4.42. The molecule has 1 aromatic heterocycles. The lowest BCUT2D eigenvalue weighted by atomic mass is 9.69. The fourth-order valence-corrected chi connectivity index (χ4v) is 2.79. The number of aromatic nitrogens is 1. The van der Waals surface area contributed by atoms with E-state index in [2.05, 4.69) is 15.7 Å². The Bertz CT molecular complexity index is 312. The zero-order valence-electron chi connectivity index (χ0n) is 9.25. The summed E-state index contributed by atoms with van der Waals surface area (Å²) >= 11 is 1.73. The smallest absolute Gasteiger partial charge is 0.107 e. The first-order valence-electron chi connectivity index (χ1n) is 5.56. The summed E-state index contributed by atoms with van der Waals surface area (Å²) in [6.45, 7) is 4.78. The average molecular weight is 225 g/mol. The largest absolute Gasteiger partial charge is 0.330 e. The van der Waals surface area contributed by atoms with Gasteiger partial charge in [0, 0.05) is 24.2 Å². The van der Waals surface area contributed by atoms with E-state index >= 15 is 0 Å². The van der Waals surface area contributed by atoms with Crippen LogP contribution in [0.15, 0.2) is 5.38 Å². The van der Waals surface area contributed by atoms with E-state index in [-0.39, 0.29) is 0 Å².